The van der Waals surface area contributed by atoms with Gasteiger partial charge in [-0.3, -0.25) is 9.59 Å². The summed E-state index contributed by atoms with van der Waals surface area (Å²) in [7, 11) is 0. The van der Waals surface area contributed by atoms with Crippen molar-refractivity contribution in [2.45, 2.75) is 20.3 Å². The lowest BCUT2D eigenvalue weighted by molar-refractivity contribution is -0.120. The highest BCUT2D eigenvalue weighted by Gasteiger charge is 2.12. The first-order valence-corrected chi connectivity index (χ1v) is 8.20. The van der Waals surface area contributed by atoms with Crippen LogP contribution in [0.15, 0.2) is 47.1 Å². The molecule has 3 rings (SSSR count). The summed E-state index contributed by atoms with van der Waals surface area (Å²) in [5, 5.41) is 3.79. The SMILES string of the molecule is Cc1cc2occ(CC(=O)Nc3ccc(OCC(N)=O)cc3)c2cc1C. The topological polar surface area (TPSA) is 94.6 Å². The molecule has 6 nitrogen and oxygen atoms in total. The fourth-order valence-corrected chi connectivity index (χ4v) is 2.64. The van der Waals surface area contributed by atoms with Crippen LogP contribution in [0.5, 0.6) is 5.75 Å². The van der Waals surface area contributed by atoms with Crippen molar-refractivity contribution in [3.63, 3.8) is 0 Å². The number of hydrogen-bond acceptors (Lipinski definition) is 4. The van der Waals surface area contributed by atoms with Crippen LogP contribution in [0.1, 0.15) is 16.7 Å². The lowest BCUT2D eigenvalue weighted by Crippen LogP contribution is -2.20. The van der Waals surface area contributed by atoms with Crippen molar-refractivity contribution < 1.29 is 18.7 Å². The molecule has 0 spiro atoms. The summed E-state index contributed by atoms with van der Waals surface area (Å²) in [5.74, 6) is -0.176. The summed E-state index contributed by atoms with van der Waals surface area (Å²) in [6.45, 7) is 3.88. The van der Waals surface area contributed by atoms with Gasteiger partial charge in [-0.2, -0.15) is 0 Å². The van der Waals surface area contributed by atoms with Crippen LogP contribution in [0.2, 0.25) is 0 Å². The summed E-state index contributed by atoms with van der Waals surface area (Å²) >= 11 is 0. The maximum absolute atomic E-state index is 12.3. The fraction of sp³-hybridized carbons (Fsp3) is 0.200. The number of amides is 2. The van der Waals surface area contributed by atoms with E-state index in [0.717, 1.165) is 27.7 Å². The van der Waals surface area contributed by atoms with E-state index in [1.165, 1.54) is 0 Å². The highest BCUT2D eigenvalue weighted by molar-refractivity contribution is 5.95. The fourth-order valence-electron chi connectivity index (χ4n) is 2.64. The Labute approximate surface area is 150 Å². The number of furan rings is 1. The van der Waals surface area contributed by atoms with Gasteiger partial charge in [0.25, 0.3) is 5.91 Å². The number of hydrogen-bond donors (Lipinski definition) is 2. The van der Waals surface area contributed by atoms with E-state index in [1.54, 1.807) is 30.5 Å². The second-order valence-corrected chi connectivity index (χ2v) is 6.20. The van der Waals surface area contributed by atoms with Crippen LogP contribution >= 0.6 is 0 Å². The molecule has 0 aliphatic rings. The van der Waals surface area contributed by atoms with Crippen molar-refractivity contribution in [3.05, 3.63) is 59.4 Å². The third-order valence-corrected chi connectivity index (χ3v) is 4.14. The number of benzene rings is 2. The average molecular weight is 352 g/mol. The lowest BCUT2D eigenvalue weighted by Gasteiger charge is -2.07. The van der Waals surface area contributed by atoms with Crippen molar-refractivity contribution in [1.29, 1.82) is 0 Å². The van der Waals surface area contributed by atoms with Crippen LogP contribution < -0.4 is 15.8 Å². The summed E-state index contributed by atoms with van der Waals surface area (Å²) in [4.78, 5) is 23.0. The Hall–Kier alpha value is -3.28. The number of nitrogens with two attached hydrogens (primary N) is 1. The number of nitrogens with one attached hydrogen (secondary N) is 1. The molecule has 3 aromatic rings. The first kappa shape index (κ1) is 17.5. The maximum atomic E-state index is 12.3. The predicted molar refractivity (Wildman–Crippen MR) is 99.2 cm³/mol. The normalized spacial score (nSPS) is 10.7. The van der Waals surface area contributed by atoms with Crippen molar-refractivity contribution in [3.8, 4) is 5.75 Å². The zero-order valence-electron chi connectivity index (χ0n) is 14.7. The van der Waals surface area contributed by atoms with Gasteiger partial charge in [0.1, 0.15) is 11.3 Å². The largest absolute Gasteiger partial charge is 0.484 e. The molecule has 1 aromatic heterocycles. The first-order chi connectivity index (χ1) is 12.4. The molecule has 26 heavy (non-hydrogen) atoms. The Morgan fingerprint density at radius 1 is 1.12 bits per heavy atom. The van der Waals surface area contributed by atoms with Gasteiger partial charge in [-0.05, 0) is 61.4 Å². The van der Waals surface area contributed by atoms with E-state index < -0.39 is 5.91 Å². The monoisotopic (exact) mass is 352 g/mol. The number of anilines is 1. The molecule has 0 aliphatic heterocycles. The molecule has 0 bridgehead atoms. The van der Waals surface area contributed by atoms with Crippen LogP contribution in [0.4, 0.5) is 5.69 Å². The van der Waals surface area contributed by atoms with Gasteiger partial charge >= 0.3 is 0 Å². The molecule has 0 saturated carbocycles. The van der Waals surface area contributed by atoms with Crippen LogP contribution in [0, 0.1) is 13.8 Å². The number of rotatable bonds is 6. The van der Waals surface area contributed by atoms with Crippen molar-refractivity contribution >= 4 is 28.5 Å². The second-order valence-electron chi connectivity index (χ2n) is 6.20. The van der Waals surface area contributed by atoms with E-state index in [9.17, 15) is 9.59 Å². The predicted octanol–water partition coefficient (Wildman–Crippen LogP) is 3.09. The molecule has 0 atom stereocenters. The standard InChI is InChI=1S/C20H20N2O4/c1-12-7-17-14(10-26-18(17)8-13(12)2)9-20(24)22-15-3-5-16(6-4-15)25-11-19(21)23/h3-8,10H,9,11H2,1-2H3,(H2,21,23)(H,22,24). The quantitative estimate of drug-likeness (QED) is 0.713. The Bertz CT molecular complexity index is 958. The van der Waals surface area contributed by atoms with E-state index >= 15 is 0 Å². The Morgan fingerprint density at radius 3 is 2.50 bits per heavy atom. The number of fused-ring (bicyclic) bond motifs is 1. The van der Waals surface area contributed by atoms with Crippen molar-refractivity contribution in [2.75, 3.05) is 11.9 Å². The van der Waals surface area contributed by atoms with Crippen LogP contribution in [-0.4, -0.2) is 18.4 Å². The van der Waals surface area contributed by atoms with E-state index in [4.69, 9.17) is 14.9 Å². The maximum Gasteiger partial charge on any atom is 0.255 e. The van der Waals surface area contributed by atoms with E-state index in [2.05, 4.69) is 5.32 Å². The molecule has 2 amide bonds. The summed E-state index contributed by atoms with van der Waals surface area (Å²) < 4.78 is 10.7. The lowest BCUT2D eigenvalue weighted by atomic mass is 10.0. The van der Waals surface area contributed by atoms with Crippen LogP contribution in [0.3, 0.4) is 0 Å². The highest BCUT2D eigenvalue weighted by atomic mass is 16.5. The number of ether oxygens (including phenoxy) is 1. The van der Waals surface area contributed by atoms with Gasteiger partial charge in [0, 0.05) is 16.6 Å². The molecule has 6 heteroatoms. The molecule has 0 radical (unpaired) electrons. The minimum Gasteiger partial charge on any atom is -0.484 e. The average Bonchev–Trinajstić information content (AvgIpc) is 2.96. The van der Waals surface area contributed by atoms with Crippen LogP contribution in [-0.2, 0) is 16.0 Å². The molecular formula is C20H20N2O4. The Balaban J connectivity index is 1.65. The zero-order chi connectivity index (χ0) is 18.7. The van der Waals surface area contributed by atoms with Gasteiger partial charge in [-0.1, -0.05) is 0 Å². The van der Waals surface area contributed by atoms with Crippen LogP contribution in [0.25, 0.3) is 11.0 Å². The summed E-state index contributed by atoms with van der Waals surface area (Å²) in [6.07, 6.45) is 1.85. The minimum absolute atomic E-state index is 0.142. The van der Waals surface area contributed by atoms with Gasteiger partial charge in [-0.15, -0.1) is 0 Å². The Kier molecular flexibility index (Phi) is 4.93. The molecule has 2 aromatic carbocycles. The molecule has 0 aliphatic carbocycles. The molecule has 134 valence electrons. The Morgan fingerprint density at radius 2 is 1.81 bits per heavy atom. The van der Waals surface area contributed by atoms with E-state index in [-0.39, 0.29) is 18.9 Å². The number of carbonyl (C=O) groups excluding carboxylic acids is 2. The number of carbonyl (C=O) groups is 2. The third-order valence-electron chi connectivity index (χ3n) is 4.14. The van der Waals surface area contributed by atoms with Crippen molar-refractivity contribution in [1.82, 2.24) is 0 Å². The molecule has 0 saturated heterocycles. The number of aryl methyl sites for hydroxylation is 2. The molecular weight excluding hydrogens is 332 g/mol. The summed E-state index contributed by atoms with van der Waals surface area (Å²) in [5.41, 5.74) is 9.62. The summed E-state index contributed by atoms with van der Waals surface area (Å²) in [6, 6.07) is 10.8. The van der Waals surface area contributed by atoms with E-state index in [1.807, 2.05) is 26.0 Å². The smallest absolute Gasteiger partial charge is 0.255 e. The number of primary amides is 1. The molecule has 0 fully saturated rings. The molecule has 0 unspecified atom stereocenters. The van der Waals surface area contributed by atoms with Gasteiger partial charge in [0.15, 0.2) is 6.61 Å². The first-order valence-electron chi connectivity index (χ1n) is 8.20. The minimum atomic E-state index is -0.542. The molecule has 1 heterocycles. The van der Waals surface area contributed by atoms with Gasteiger partial charge in [-0.25, -0.2) is 0 Å². The highest BCUT2D eigenvalue weighted by Crippen LogP contribution is 2.25. The van der Waals surface area contributed by atoms with Gasteiger partial charge < -0.3 is 20.2 Å². The second kappa shape index (κ2) is 7.31. The van der Waals surface area contributed by atoms with Gasteiger partial charge in [0.05, 0.1) is 12.7 Å². The van der Waals surface area contributed by atoms with Crippen molar-refractivity contribution in [2.24, 2.45) is 5.73 Å². The third kappa shape index (κ3) is 4.03. The van der Waals surface area contributed by atoms with E-state index in [0.29, 0.717) is 11.4 Å². The van der Waals surface area contributed by atoms with Gasteiger partial charge in [0.2, 0.25) is 5.91 Å². The molecule has 3 N–H and O–H groups in total. The zero-order valence-corrected chi connectivity index (χ0v) is 14.7.